The molecule has 21 heavy (non-hydrogen) atoms. The number of rotatable bonds is 7. The van der Waals surface area contributed by atoms with Crippen LogP contribution in [-0.4, -0.2) is 16.5 Å². The Kier molecular flexibility index (Phi) is 5.51. The first-order valence-electron chi connectivity index (χ1n) is 7.35. The number of nitrogens with two attached hydrogens (primary N) is 1. The summed E-state index contributed by atoms with van der Waals surface area (Å²) in [5.41, 5.74) is 5.20. The zero-order valence-electron chi connectivity index (χ0n) is 12.7. The molecule has 4 N–H and O–H groups in total. The Bertz CT molecular complexity index is 583. The molecule has 0 aliphatic heterocycles. The van der Waals surface area contributed by atoms with Gasteiger partial charge in [-0.05, 0) is 25.3 Å². The van der Waals surface area contributed by atoms with Crippen LogP contribution in [0, 0.1) is 6.92 Å². The Hall–Kier alpha value is -2.14. The van der Waals surface area contributed by atoms with E-state index in [4.69, 9.17) is 5.84 Å². The van der Waals surface area contributed by atoms with Crippen LogP contribution in [0.25, 0.3) is 0 Å². The molecular weight excluding hydrogens is 262 g/mol. The topological polar surface area (TPSA) is 75.9 Å². The van der Waals surface area contributed by atoms with Gasteiger partial charge in [-0.15, -0.1) is 0 Å². The molecule has 1 heterocycles. The van der Waals surface area contributed by atoms with Gasteiger partial charge in [0.1, 0.15) is 17.5 Å². The molecule has 0 radical (unpaired) electrons. The van der Waals surface area contributed by atoms with Crippen LogP contribution < -0.4 is 16.6 Å². The molecule has 0 saturated heterocycles. The number of nitrogen functional groups attached to an aromatic ring is 1. The fourth-order valence-electron chi connectivity index (χ4n) is 2.20. The van der Waals surface area contributed by atoms with E-state index in [9.17, 15) is 0 Å². The molecule has 2 aromatic rings. The Morgan fingerprint density at radius 1 is 1.10 bits per heavy atom. The lowest BCUT2D eigenvalue weighted by Crippen LogP contribution is -2.13. The van der Waals surface area contributed by atoms with Crippen molar-refractivity contribution in [2.24, 2.45) is 5.84 Å². The van der Waals surface area contributed by atoms with Crippen molar-refractivity contribution in [3.63, 3.8) is 0 Å². The summed E-state index contributed by atoms with van der Waals surface area (Å²) in [4.78, 5) is 8.83. The number of benzene rings is 1. The normalized spacial score (nSPS) is 10.4. The van der Waals surface area contributed by atoms with E-state index in [1.165, 1.54) is 11.1 Å². The lowest BCUT2D eigenvalue weighted by atomic mass is 10.1. The lowest BCUT2D eigenvalue weighted by Gasteiger charge is -2.09. The first kappa shape index (κ1) is 15.3. The number of nitrogens with one attached hydrogen (secondary N) is 2. The van der Waals surface area contributed by atoms with E-state index < -0.39 is 0 Å². The standard InChI is InChI=1S/C16H23N5/c1-3-5-14-19-15(11-16(20-14)21-17)18-9-8-13-7-4-6-12(2)10-13/h4,6-7,10-11H,3,5,8-9,17H2,1-2H3,(H2,18,19,20,21). The van der Waals surface area contributed by atoms with E-state index in [1.54, 1.807) is 0 Å². The zero-order chi connectivity index (χ0) is 15.1. The lowest BCUT2D eigenvalue weighted by molar-refractivity contribution is 0.833. The van der Waals surface area contributed by atoms with Crippen molar-refractivity contribution in [2.45, 2.75) is 33.1 Å². The van der Waals surface area contributed by atoms with Gasteiger partial charge in [-0.25, -0.2) is 15.8 Å². The van der Waals surface area contributed by atoms with Crippen LogP contribution in [0.5, 0.6) is 0 Å². The highest BCUT2D eigenvalue weighted by Gasteiger charge is 2.03. The molecular formula is C16H23N5. The van der Waals surface area contributed by atoms with Gasteiger partial charge in [0.15, 0.2) is 0 Å². The van der Waals surface area contributed by atoms with Crippen LogP contribution in [0.15, 0.2) is 30.3 Å². The second-order valence-corrected chi connectivity index (χ2v) is 5.11. The Labute approximate surface area is 126 Å². The number of hydrazine groups is 1. The van der Waals surface area contributed by atoms with Crippen LogP contribution in [0.3, 0.4) is 0 Å². The van der Waals surface area contributed by atoms with Crippen molar-refractivity contribution in [3.8, 4) is 0 Å². The number of hydrogen-bond acceptors (Lipinski definition) is 5. The van der Waals surface area contributed by atoms with Crippen LogP contribution in [0.2, 0.25) is 0 Å². The summed E-state index contributed by atoms with van der Waals surface area (Å²) in [5, 5.41) is 3.34. The molecule has 0 saturated carbocycles. The van der Waals surface area contributed by atoms with Crippen LogP contribution in [-0.2, 0) is 12.8 Å². The third kappa shape index (κ3) is 4.72. The quantitative estimate of drug-likeness (QED) is 0.538. The van der Waals surface area contributed by atoms with Gasteiger partial charge < -0.3 is 10.7 Å². The second-order valence-electron chi connectivity index (χ2n) is 5.11. The van der Waals surface area contributed by atoms with Gasteiger partial charge in [-0.3, -0.25) is 0 Å². The van der Waals surface area contributed by atoms with E-state index >= 15 is 0 Å². The molecule has 1 aromatic heterocycles. The summed E-state index contributed by atoms with van der Waals surface area (Å²) in [5.74, 6) is 7.72. The molecule has 112 valence electrons. The maximum atomic E-state index is 5.45. The van der Waals surface area contributed by atoms with Crippen molar-refractivity contribution in [1.82, 2.24) is 9.97 Å². The highest BCUT2D eigenvalue weighted by Crippen LogP contribution is 2.12. The van der Waals surface area contributed by atoms with Crippen LogP contribution in [0.4, 0.5) is 11.6 Å². The highest BCUT2D eigenvalue weighted by atomic mass is 15.3. The predicted octanol–water partition coefficient (Wildman–Crippen LogP) is 2.68. The minimum Gasteiger partial charge on any atom is -0.370 e. The monoisotopic (exact) mass is 285 g/mol. The van der Waals surface area contributed by atoms with Crippen LogP contribution in [0.1, 0.15) is 30.3 Å². The molecule has 0 bridgehead atoms. The summed E-state index contributed by atoms with van der Waals surface area (Å²) in [6, 6.07) is 10.4. The smallest absolute Gasteiger partial charge is 0.145 e. The number of aryl methyl sites for hydroxylation is 2. The molecule has 0 fully saturated rings. The average molecular weight is 285 g/mol. The summed E-state index contributed by atoms with van der Waals surface area (Å²) in [6.45, 7) is 5.05. The molecule has 0 aliphatic carbocycles. The minimum atomic E-state index is 0.645. The van der Waals surface area contributed by atoms with Gasteiger partial charge in [-0.1, -0.05) is 36.8 Å². The Balaban J connectivity index is 1.97. The molecule has 0 unspecified atom stereocenters. The second kappa shape index (κ2) is 7.59. The first-order valence-corrected chi connectivity index (χ1v) is 7.35. The fraction of sp³-hybridized carbons (Fsp3) is 0.375. The predicted molar refractivity (Wildman–Crippen MR) is 87.2 cm³/mol. The summed E-state index contributed by atoms with van der Waals surface area (Å²) in [7, 11) is 0. The molecule has 2 rings (SSSR count). The van der Waals surface area contributed by atoms with E-state index in [0.717, 1.165) is 37.4 Å². The minimum absolute atomic E-state index is 0.645. The van der Waals surface area contributed by atoms with Crippen molar-refractivity contribution in [2.75, 3.05) is 17.3 Å². The third-order valence-corrected chi connectivity index (χ3v) is 3.20. The Morgan fingerprint density at radius 3 is 2.62 bits per heavy atom. The van der Waals surface area contributed by atoms with Crippen molar-refractivity contribution < 1.29 is 0 Å². The molecule has 5 heteroatoms. The first-order chi connectivity index (χ1) is 10.2. The number of nitrogens with zero attached hydrogens (tertiary/aromatic N) is 2. The Morgan fingerprint density at radius 2 is 1.90 bits per heavy atom. The van der Waals surface area contributed by atoms with Crippen molar-refractivity contribution in [1.29, 1.82) is 0 Å². The van der Waals surface area contributed by atoms with E-state index in [2.05, 4.69) is 58.8 Å². The van der Waals surface area contributed by atoms with Crippen LogP contribution >= 0.6 is 0 Å². The summed E-state index contributed by atoms with van der Waals surface area (Å²) >= 11 is 0. The molecule has 5 nitrogen and oxygen atoms in total. The van der Waals surface area contributed by atoms with E-state index in [-0.39, 0.29) is 0 Å². The van der Waals surface area contributed by atoms with Gasteiger partial charge in [-0.2, -0.15) is 0 Å². The largest absolute Gasteiger partial charge is 0.370 e. The number of aromatic nitrogens is 2. The van der Waals surface area contributed by atoms with E-state index in [1.807, 2.05) is 6.07 Å². The van der Waals surface area contributed by atoms with E-state index in [0.29, 0.717) is 5.82 Å². The maximum Gasteiger partial charge on any atom is 0.145 e. The van der Waals surface area contributed by atoms with Gasteiger partial charge in [0, 0.05) is 19.0 Å². The molecule has 0 amide bonds. The maximum absolute atomic E-state index is 5.45. The fourth-order valence-corrected chi connectivity index (χ4v) is 2.20. The highest BCUT2D eigenvalue weighted by molar-refractivity contribution is 5.47. The van der Waals surface area contributed by atoms with Gasteiger partial charge >= 0.3 is 0 Å². The molecule has 0 atom stereocenters. The van der Waals surface area contributed by atoms with Gasteiger partial charge in [0.2, 0.25) is 0 Å². The van der Waals surface area contributed by atoms with Crippen molar-refractivity contribution in [3.05, 3.63) is 47.3 Å². The summed E-state index contributed by atoms with van der Waals surface area (Å²) < 4.78 is 0. The number of anilines is 2. The van der Waals surface area contributed by atoms with Gasteiger partial charge in [0.25, 0.3) is 0 Å². The average Bonchev–Trinajstić information content (AvgIpc) is 2.47. The number of hydrogen-bond donors (Lipinski definition) is 3. The SMILES string of the molecule is CCCc1nc(NN)cc(NCCc2cccc(C)c2)n1. The zero-order valence-corrected chi connectivity index (χ0v) is 12.7. The molecule has 0 spiro atoms. The molecule has 1 aromatic carbocycles. The van der Waals surface area contributed by atoms with Gasteiger partial charge in [0.05, 0.1) is 0 Å². The van der Waals surface area contributed by atoms with Crippen molar-refractivity contribution >= 4 is 11.6 Å². The summed E-state index contributed by atoms with van der Waals surface area (Å²) in [6.07, 6.45) is 2.82. The third-order valence-electron chi connectivity index (χ3n) is 3.20. The molecule has 0 aliphatic rings.